The average molecular weight is 442 g/mol. The maximum Gasteiger partial charge on any atom is 0.247 e. The Bertz CT molecular complexity index is 617. The van der Waals surface area contributed by atoms with Crippen LogP contribution in [0, 0.1) is 0 Å². The predicted octanol–water partition coefficient (Wildman–Crippen LogP) is 1.40. The maximum atomic E-state index is 11.2. The SMILES string of the molecule is CN=C(NCc1ccc(S(N)(=O)=O)s1)NC1CC=CC1.I. The number of hydrogen-bond acceptors (Lipinski definition) is 4. The average Bonchev–Trinajstić information content (AvgIpc) is 3.04. The van der Waals surface area contributed by atoms with Gasteiger partial charge in [0.2, 0.25) is 10.0 Å². The molecule has 0 radical (unpaired) electrons. The summed E-state index contributed by atoms with van der Waals surface area (Å²) in [4.78, 5) is 5.04. The number of rotatable bonds is 4. The molecule has 0 spiro atoms. The fraction of sp³-hybridized carbons (Fsp3) is 0.417. The molecule has 0 aromatic carbocycles. The minimum Gasteiger partial charge on any atom is -0.353 e. The third kappa shape index (κ3) is 5.57. The van der Waals surface area contributed by atoms with E-state index in [0.29, 0.717) is 18.5 Å². The molecule has 0 aliphatic heterocycles. The number of nitrogens with two attached hydrogens (primary N) is 1. The summed E-state index contributed by atoms with van der Waals surface area (Å²) in [5, 5.41) is 11.6. The van der Waals surface area contributed by atoms with Crippen LogP contribution < -0.4 is 15.8 Å². The summed E-state index contributed by atoms with van der Waals surface area (Å²) in [6.07, 6.45) is 6.27. The first kappa shape index (κ1) is 18.4. The molecule has 1 aromatic rings. The van der Waals surface area contributed by atoms with Gasteiger partial charge < -0.3 is 10.6 Å². The summed E-state index contributed by atoms with van der Waals surface area (Å²) < 4.78 is 22.6. The largest absolute Gasteiger partial charge is 0.353 e. The molecule has 1 aromatic heterocycles. The van der Waals surface area contributed by atoms with Crippen LogP contribution >= 0.6 is 35.3 Å². The molecule has 1 aliphatic rings. The minimum absolute atomic E-state index is 0. The van der Waals surface area contributed by atoms with E-state index in [4.69, 9.17) is 5.14 Å². The molecular weight excluding hydrogens is 423 g/mol. The maximum absolute atomic E-state index is 11.2. The summed E-state index contributed by atoms with van der Waals surface area (Å²) in [7, 11) is -1.90. The highest BCUT2D eigenvalue weighted by molar-refractivity contribution is 14.0. The molecule has 0 saturated carbocycles. The van der Waals surface area contributed by atoms with Gasteiger partial charge in [-0.05, 0) is 25.0 Å². The molecule has 2 rings (SSSR count). The zero-order valence-electron chi connectivity index (χ0n) is 11.6. The molecule has 0 atom stereocenters. The quantitative estimate of drug-likeness (QED) is 0.284. The molecule has 118 valence electrons. The van der Waals surface area contributed by atoms with Gasteiger partial charge in [-0.1, -0.05) is 12.2 Å². The second-order valence-corrected chi connectivity index (χ2v) is 7.43. The van der Waals surface area contributed by atoms with Gasteiger partial charge in [0.1, 0.15) is 4.21 Å². The second kappa shape index (κ2) is 8.11. The third-order valence-corrected chi connectivity index (χ3v) is 5.44. The minimum atomic E-state index is -3.61. The standard InChI is InChI=1S/C12H18N4O2S2.HI/c1-14-12(16-9-4-2-3-5-9)15-8-10-6-7-11(19-10)20(13,17)18;/h2-3,6-7,9H,4-5,8H2,1H3,(H2,13,17,18)(H2,14,15,16);1H. The van der Waals surface area contributed by atoms with E-state index in [1.165, 1.54) is 6.07 Å². The van der Waals surface area contributed by atoms with E-state index in [0.717, 1.165) is 29.1 Å². The number of guanidine groups is 1. The van der Waals surface area contributed by atoms with Gasteiger partial charge >= 0.3 is 0 Å². The van der Waals surface area contributed by atoms with Crippen molar-refractivity contribution in [3.05, 3.63) is 29.2 Å². The van der Waals surface area contributed by atoms with E-state index >= 15 is 0 Å². The van der Waals surface area contributed by atoms with E-state index in [9.17, 15) is 8.42 Å². The van der Waals surface area contributed by atoms with Crippen molar-refractivity contribution in [3.8, 4) is 0 Å². The molecule has 4 N–H and O–H groups in total. The Morgan fingerprint density at radius 1 is 1.43 bits per heavy atom. The number of thiophene rings is 1. The van der Waals surface area contributed by atoms with Crippen LogP contribution in [0.25, 0.3) is 0 Å². The Kier molecular flexibility index (Phi) is 7.10. The van der Waals surface area contributed by atoms with Crippen molar-refractivity contribution in [1.29, 1.82) is 0 Å². The summed E-state index contributed by atoms with van der Waals surface area (Å²) in [5.74, 6) is 0.712. The van der Waals surface area contributed by atoms with Crippen molar-refractivity contribution in [2.75, 3.05) is 7.05 Å². The first-order chi connectivity index (χ1) is 9.49. The van der Waals surface area contributed by atoms with Gasteiger partial charge in [-0.2, -0.15) is 0 Å². The Hall–Kier alpha value is -0.650. The highest BCUT2D eigenvalue weighted by atomic mass is 127. The lowest BCUT2D eigenvalue weighted by molar-refractivity contribution is 0.600. The number of halogens is 1. The van der Waals surface area contributed by atoms with Gasteiger partial charge in [0.05, 0.1) is 6.54 Å². The highest BCUT2D eigenvalue weighted by Gasteiger charge is 2.13. The molecule has 1 aliphatic carbocycles. The van der Waals surface area contributed by atoms with E-state index in [-0.39, 0.29) is 28.2 Å². The van der Waals surface area contributed by atoms with Gasteiger partial charge in [-0.25, -0.2) is 13.6 Å². The van der Waals surface area contributed by atoms with Crippen LogP contribution in [0.3, 0.4) is 0 Å². The summed E-state index contributed by atoms with van der Waals surface area (Å²) in [5.41, 5.74) is 0. The lowest BCUT2D eigenvalue weighted by Gasteiger charge is -2.16. The van der Waals surface area contributed by atoms with Crippen molar-refractivity contribution < 1.29 is 8.42 Å². The molecule has 9 heteroatoms. The van der Waals surface area contributed by atoms with Crippen LogP contribution in [0.1, 0.15) is 17.7 Å². The predicted molar refractivity (Wildman–Crippen MR) is 96.6 cm³/mol. The number of sulfonamides is 1. The van der Waals surface area contributed by atoms with Crippen LogP contribution in [-0.2, 0) is 16.6 Å². The normalized spacial score (nSPS) is 15.8. The number of nitrogens with one attached hydrogen (secondary N) is 2. The molecular formula is C12H19IN4O2S2. The fourth-order valence-corrected chi connectivity index (χ4v) is 3.62. The van der Waals surface area contributed by atoms with Crippen molar-refractivity contribution >= 4 is 51.3 Å². The van der Waals surface area contributed by atoms with Crippen LogP contribution in [0.15, 0.2) is 33.5 Å². The summed E-state index contributed by atoms with van der Waals surface area (Å²) in [6, 6.07) is 3.65. The lowest BCUT2D eigenvalue weighted by Crippen LogP contribution is -2.41. The molecule has 0 saturated heterocycles. The highest BCUT2D eigenvalue weighted by Crippen LogP contribution is 2.19. The van der Waals surface area contributed by atoms with Gasteiger partial charge in [-0.3, -0.25) is 4.99 Å². The van der Waals surface area contributed by atoms with E-state index in [1.54, 1.807) is 13.1 Å². The third-order valence-electron chi connectivity index (χ3n) is 2.92. The molecule has 6 nitrogen and oxygen atoms in total. The Labute approximate surface area is 146 Å². The van der Waals surface area contributed by atoms with Crippen molar-refractivity contribution in [2.45, 2.75) is 29.6 Å². The van der Waals surface area contributed by atoms with Gasteiger partial charge in [-0.15, -0.1) is 35.3 Å². The molecule has 0 amide bonds. The van der Waals surface area contributed by atoms with E-state index in [1.807, 2.05) is 0 Å². The van der Waals surface area contributed by atoms with Gasteiger partial charge in [0.25, 0.3) is 0 Å². The Balaban J connectivity index is 0.00000220. The van der Waals surface area contributed by atoms with Crippen molar-refractivity contribution in [3.63, 3.8) is 0 Å². The molecule has 0 fully saturated rings. The number of hydrogen-bond donors (Lipinski definition) is 3. The fourth-order valence-electron chi connectivity index (χ4n) is 1.90. The van der Waals surface area contributed by atoms with E-state index in [2.05, 4.69) is 27.8 Å². The van der Waals surface area contributed by atoms with Crippen molar-refractivity contribution in [2.24, 2.45) is 10.1 Å². The topological polar surface area (TPSA) is 96.6 Å². The van der Waals surface area contributed by atoms with E-state index < -0.39 is 10.0 Å². The number of nitrogens with zero attached hydrogens (tertiary/aromatic N) is 1. The summed E-state index contributed by atoms with van der Waals surface area (Å²) >= 11 is 1.16. The molecule has 21 heavy (non-hydrogen) atoms. The van der Waals surface area contributed by atoms with Crippen LogP contribution in [0.5, 0.6) is 0 Å². The first-order valence-corrected chi connectivity index (χ1v) is 8.59. The molecule has 0 unspecified atom stereocenters. The van der Waals surface area contributed by atoms with Gasteiger partial charge in [0, 0.05) is 18.0 Å². The van der Waals surface area contributed by atoms with Gasteiger partial charge in [0.15, 0.2) is 5.96 Å². The van der Waals surface area contributed by atoms with Crippen LogP contribution in [0.4, 0.5) is 0 Å². The van der Waals surface area contributed by atoms with Crippen molar-refractivity contribution in [1.82, 2.24) is 10.6 Å². The molecule has 1 heterocycles. The Morgan fingerprint density at radius 2 is 2.10 bits per heavy atom. The summed E-state index contributed by atoms with van der Waals surface area (Å²) in [6.45, 7) is 0.514. The zero-order chi connectivity index (χ0) is 14.6. The monoisotopic (exact) mass is 442 g/mol. The number of primary sulfonamides is 1. The second-order valence-electron chi connectivity index (χ2n) is 4.48. The zero-order valence-corrected chi connectivity index (χ0v) is 15.5. The first-order valence-electron chi connectivity index (χ1n) is 6.23. The number of aliphatic imine (C=N–C) groups is 1. The molecule has 0 bridgehead atoms. The van der Waals surface area contributed by atoms with Crippen LogP contribution in [-0.4, -0.2) is 27.5 Å². The lowest BCUT2D eigenvalue weighted by atomic mass is 10.2. The van der Waals surface area contributed by atoms with Crippen LogP contribution in [0.2, 0.25) is 0 Å². The smallest absolute Gasteiger partial charge is 0.247 e. The Morgan fingerprint density at radius 3 is 2.62 bits per heavy atom.